The number of hydrogen-bond donors (Lipinski definition) is 2. The number of rotatable bonds is 5. The van der Waals surface area contributed by atoms with Gasteiger partial charge < -0.3 is 15.0 Å². The van der Waals surface area contributed by atoms with Gasteiger partial charge in [-0.25, -0.2) is 4.79 Å². The van der Waals surface area contributed by atoms with Crippen LogP contribution in [0.5, 0.6) is 5.75 Å². The first-order valence-electron chi connectivity index (χ1n) is 9.33. The molecule has 1 atom stereocenters. The normalized spacial score (nSPS) is 16.9. The van der Waals surface area contributed by atoms with Gasteiger partial charge in [-0.3, -0.25) is 9.36 Å². The van der Waals surface area contributed by atoms with Crippen molar-refractivity contribution in [1.82, 2.24) is 14.5 Å². The highest BCUT2D eigenvalue weighted by Crippen LogP contribution is 2.23. The number of para-hydroxylation sites is 2. The number of amides is 1. The monoisotopic (exact) mass is 365 g/mol. The van der Waals surface area contributed by atoms with Crippen LogP contribution in [0.25, 0.3) is 11.0 Å². The van der Waals surface area contributed by atoms with Gasteiger partial charge in [0.2, 0.25) is 5.91 Å². The van der Waals surface area contributed by atoms with Crippen LogP contribution in [0.3, 0.4) is 0 Å². The van der Waals surface area contributed by atoms with Crippen LogP contribution in [-0.2, 0) is 17.8 Å². The largest absolute Gasteiger partial charge is 0.508 e. The second-order valence-corrected chi connectivity index (χ2v) is 7.22. The van der Waals surface area contributed by atoms with Crippen molar-refractivity contribution < 1.29 is 9.90 Å². The van der Waals surface area contributed by atoms with Crippen LogP contribution in [0, 0.1) is 5.92 Å². The molecule has 6 heteroatoms. The zero-order valence-electron chi connectivity index (χ0n) is 15.1. The number of imidazole rings is 1. The van der Waals surface area contributed by atoms with Crippen LogP contribution in [0.2, 0.25) is 0 Å². The van der Waals surface area contributed by atoms with Crippen LogP contribution in [-0.4, -0.2) is 38.6 Å². The number of aromatic nitrogens is 2. The molecule has 0 bridgehead atoms. The van der Waals surface area contributed by atoms with E-state index in [0.29, 0.717) is 18.9 Å². The van der Waals surface area contributed by atoms with Gasteiger partial charge in [-0.2, -0.15) is 0 Å². The Kier molecular flexibility index (Phi) is 4.71. The molecule has 140 valence electrons. The Labute approximate surface area is 157 Å². The summed E-state index contributed by atoms with van der Waals surface area (Å²) in [6.07, 6.45) is 2.15. The van der Waals surface area contributed by atoms with Gasteiger partial charge in [0.15, 0.2) is 0 Å². The number of fused-ring (bicyclic) bond motifs is 1. The van der Waals surface area contributed by atoms with Crippen molar-refractivity contribution in [3.63, 3.8) is 0 Å². The molecule has 1 fully saturated rings. The van der Waals surface area contributed by atoms with Gasteiger partial charge >= 0.3 is 5.69 Å². The van der Waals surface area contributed by atoms with Crippen LogP contribution < -0.4 is 5.69 Å². The Morgan fingerprint density at radius 3 is 2.89 bits per heavy atom. The molecule has 0 radical (unpaired) electrons. The SMILES string of the molecule is O=C(CCn1c(=O)[nH]c2ccccc21)N1CCC(Cc2cccc(O)c2)C1. The minimum atomic E-state index is -0.174. The smallest absolute Gasteiger partial charge is 0.326 e. The fraction of sp³-hybridized carbons (Fsp3) is 0.333. The van der Waals surface area contributed by atoms with E-state index in [1.54, 1.807) is 16.7 Å². The van der Waals surface area contributed by atoms with E-state index in [0.717, 1.165) is 42.5 Å². The number of benzene rings is 2. The summed E-state index contributed by atoms with van der Waals surface area (Å²) in [7, 11) is 0. The van der Waals surface area contributed by atoms with Gasteiger partial charge in [-0.05, 0) is 48.6 Å². The van der Waals surface area contributed by atoms with Crippen LogP contribution in [0.4, 0.5) is 0 Å². The Balaban J connectivity index is 1.35. The highest BCUT2D eigenvalue weighted by molar-refractivity contribution is 5.77. The summed E-state index contributed by atoms with van der Waals surface area (Å²) in [6.45, 7) is 1.87. The Morgan fingerprint density at radius 1 is 1.19 bits per heavy atom. The molecule has 4 rings (SSSR count). The summed E-state index contributed by atoms with van der Waals surface area (Å²) in [5, 5.41) is 9.59. The second-order valence-electron chi connectivity index (χ2n) is 7.22. The van der Waals surface area contributed by atoms with Gasteiger partial charge in [-0.1, -0.05) is 24.3 Å². The molecular formula is C21H23N3O3. The molecule has 1 aromatic heterocycles. The molecule has 0 aliphatic carbocycles. The summed E-state index contributed by atoms with van der Waals surface area (Å²) < 4.78 is 1.63. The van der Waals surface area contributed by atoms with Crippen molar-refractivity contribution in [2.45, 2.75) is 25.8 Å². The third-order valence-corrected chi connectivity index (χ3v) is 5.30. The highest BCUT2D eigenvalue weighted by atomic mass is 16.3. The molecule has 1 unspecified atom stereocenters. The molecule has 0 saturated carbocycles. The zero-order chi connectivity index (χ0) is 18.8. The molecule has 3 aromatic rings. The lowest BCUT2D eigenvalue weighted by Gasteiger charge is -2.17. The number of likely N-dealkylation sites (tertiary alicyclic amines) is 1. The van der Waals surface area contributed by atoms with Gasteiger partial charge in [0.05, 0.1) is 11.0 Å². The molecule has 27 heavy (non-hydrogen) atoms. The molecule has 2 N–H and O–H groups in total. The van der Waals surface area contributed by atoms with Gasteiger partial charge in [0, 0.05) is 26.1 Å². The van der Waals surface area contributed by atoms with E-state index in [9.17, 15) is 14.7 Å². The molecule has 1 aliphatic rings. The topological polar surface area (TPSA) is 78.3 Å². The summed E-state index contributed by atoms with van der Waals surface area (Å²) in [4.78, 5) is 29.4. The van der Waals surface area contributed by atoms with E-state index in [1.807, 2.05) is 41.3 Å². The summed E-state index contributed by atoms with van der Waals surface area (Å²) in [6, 6.07) is 14.8. The average molecular weight is 365 g/mol. The zero-order valence-corrected chi connectivity index (χ0v) is 15.1. The number of H-pyrrole nitrogens is 1. The van der Waals surface area contributed by atoms with Gasteiger partial charge in [-0.15, -0.1) is 0 Å². The van der Waals surface area contributed by atoms with E-state index in [-0.39, 0.29) is 17.3 Å². The molecular weight excluding hydrogens is 342 g/mol. The third kappa shape index (κ3) is 3.74. The number of nitrogens with one attached hydrogen (secondary N) is 1. The molecule has 2 heterocycles. The van der Waals surface area contributed by atoms with E-state index in [1.165, 1.54) is 0 Å². The number of carbonyl (C=O) groups excluding carboxylic acids is 1. The number of carbonyl (C=O) groups is 1. The van der Waals surface area contributed by atoms with Gasteiger partial charge in [0.1, 0.15) is 5.75 Å². The molecule has 2 aromatic carbocycles. The lowest BCUT2D eigenvalue weighted by atomic mass is 9.98. The maximum absolute atomic E-state index is 12.6. The predicted molar refractivity (Wildman–Crippen MR) is 104 cm³/mol. The van der Waals surface area contributed by atoms with Gasteiger partial charge in [0.25, 0.3) is 0 Å². The minimum Gasteiger partial charge on any atom is -0.508 e. The lowest BCUT2D eigenvalue weighted by molar-refractivity contribution is -0.130. The van der Waals surface area contributed by atoms with Crippen molar-refractivity contribution >= 4 is 16.9 Å². The van der Waals surface area contributed by atoms with E-state index >= 15 is 0 Å². The first kappa shape index (κ1) is 17.4. The first-order valence-corrected chi connectivity index (χ1v) is 9.33. The summed E-state index contributed by atoms with van der Waals surface area (Å²) in [5.74, 6) is 0.778. The standard InChI is InChI=1S/C21H23N3O3/c25-17-5-3-4-15(13-17)12-16-8-10-23(14-16)20(26)9-11-24-19-7-2-1-6-18(19)22-21(24)27/h1-7,13,16,25H,8-12,14H2,(H,22,27). The Bertz CT molecular complexity index is 1020. The number of aromatic hydroxyl groups is 1. The number of phenolic OH excluding ortho intramolecular Hbond substituents is 1. The van der Waals surface area contributed by atoms with E-state index in [2.05, 4.69) is 4.98 Å². The molecule has 6 nitrogen and oxygen atoms in total. The minimum absolute atomic E-state index is 0.0885. The number of aromatic amines is 1. The molecule has 0 spiro atoms. The number of nitrogens with zero attached hydrogens (tertiary/aromatic N) is 2. The first-order chi connectivity index (χ1) is 13.1. The number of hydrogen-bond acceptors (Lipinski definition) is 3. The average Bonchev–Trinajstić information content (AvgIpc) is 3.23. The van der Waals surface area contributed by atoms with Crippen molar-refractivity contribution in [1.29, 1.82) is 0 Å². The second kappa shape index (κ2) is 7.31. The summed E-state index contributed by atoms with van der Waals surface area (Å²) in [5.41, 5.74) is 2.55. The Hall–Kier alpha value is -3.02. The van der Waals surface area contributed by atoms with Crippen LogP contribution in [0.1, 0.15) is 18.4 Å². The maximum atomic E-state index is 12.6. The fourth-order valence-corrected chi connectivity index (χ4v) is 3.94. The highest BCUT2D eigenvalue weighted by Gasteiger charge is 2.26. The van der Waals surface area contributed by atoms with Crippen LogP contribution in [0.15, 0.2) is 53.3 Å². The van der Waals surface area contributed by atoms with Crippen molar-refractivity contribution in [3.8, 4) is 5.75 Å². The summed E-state index contributed by atoms with van der Waals surface area (Å²) >= 11 is 0. The molecule has 1 saturated heterocycles. The molecule has 1 aliphatic heterocycles. The quantitative estimate of drug-likeness (QED) is 0.729. The van der Waals surface area contributed by atoms with E-state index < -0.39 is 0 Å². The Morgan fingerprint density at radius 2 is 2.04 bits per heavy atom. The third-order valence-electron chi connectivity index (χ3n) is 5.30. The van der Waals surface area contributed by atoms with Crippen molar-refractivity contribution in [2.24, 2.45) is 5.92 Å². The predicted octanol–water partition coefficient (Wildman–Crippen LogP) is 2.52. The number of phenols is 1. The maximum Gasteiger partial charge on any atom is 0.326 e. The fourth-order valence-electron chi connectivity index (χ4n) is 3.94. The van der Waals surface area contributed by atoms with E-state index in [4.69, 9.17) is 0 Å². The lowest BCUT2D eigenvalue weighted by Crippen LogP contribution is -2.30. The number of aryl methyl sites for hydroxylation is 1. The van der Waals surface area contributed by atoms with Crippen molar-refractivity contribution in [2.75, 3.05) is 13.1 Å². The van der Waals surface area contributed by atoms with Crippen molar-refractivity contribution in [3.05, 3.63) is 64.6 Å². The molecule has 1 amide bonds. The van der Waals surface area contributed by atoms with Crippen LogP contribution >= 0.6 is 0 Å².